The normalized spacial score (nSPS) is 16.0. The third kappa shape index (κ3) is 3.48. The van der Waals surface area contributed by atoms with Gasteiger partial charge in [-0.15, -0.1) is 0 Å². The highest BCUT2D eigenvalue weighted by atomic mass is 32.2. The topological polar surface area (TPSA) is 58.5 Å². The zero-order valence-electron chi connectivity index (χ0n) is 12.8. The Balaban J connectivity index is 1.67. The van der Waals surface area contributed by atoms with Crippen LogP contribution in [0.4, 0.5) is 17.1 Å². The van der Waals surface area contributed by atoms with E-state index in [-0.39, 0.29) is 0 Å². The molecule has 0 aromatic heterocycles. The molecule has 0 amide bonds. The molecule has 0 unspecified atom stereocenters. The maximum absolute atomic E-state index is 5.86. The SMILES string of the molecule is CN1CCN(c2ccc(Sc3ccc(N)c(N)c3)cc2)CC1. The Kier molecular flexibility index (Phi) is 4.45. The summed E-state index contributed by atoms with van der Waals surface area (Å²) in [7, 11) is 2.18. The number of hydrogen-bond donors (Lipinski definition) is 2. The molecular weight excluding hydrogens is 292 g/mol. The fourth-order valence-corrected chi connectivity index (χ4v) is 3.41. The van der Waals surface area contributed by atoms with Gasteiger partial charge in [-0.25, -0.2) is 0 Å². The van der Waals surface area contributed by atoms with Crippen molar-refractivity contribution < 1.29 is 0 Å². The third-order valence-corrected chi connectivity index (χ3v) is 5.00. The Morgan fingerprint density at radius 1 is 0.818 bits per heavy atom. The first kappa shape index (κ1) is 15.1. The first-order chi connectivity index (χ1) is 10.6. The van der Waals surface area contributed by atoms with Crippen molar-refractivity contribution in [1.29, 1.82) is 0 Å². The fourth-order valence-electron chi connectivity index (χ4n) is 2.54. The van der Waals surface area contributed by atoms with Crippen LogP contribution in [0.5, 0.6) is 0 Å². The molecule has 0 saturated carbocycles. The van der Waals surface area contributed by atoms with Gasteiger partial charge >= 0.3 is 0 Å². The second kappa shape index (κ2) is 6.50. The number of benzene rings is 2. The molecule has 5 heteroatoms. The molecule has 0 aliphatic carbocycles. The van der Waals surface area contributed by atoms with Crippen LogP contribution in [0.25, 0.3) is 0 Å². The average Bonchev–Trinajstić information content (AvgIpc) is 2.53. The van der Waals surface area contributed by atoms with Crippen molar-refractivity contribution in [2.24, 2.45) is 0 Å². The van der Waals surface area contributed by atoms with E-state index in [4.69, 9.17) is 11.5 Å². The second-order valence-electron chi connectivity index (χ2n) is 5.68. The van der Waals surface area contributed by atoms with E-state index in [1.807, 2.05) is 18.2 Å². The second-order valence-corrected chi connectivity index (χ2v) is 6.82. The van der Waals surface area contributed by atoms with Crippen LogP contribution in [-0.2, 0) is 0 Å². The van der Waals surface area contributed by atoms with Crippen LogP contribution < -0.4 is 16.4 Å². The van der Waals surface area contributed by atoms with Gasteiger partial charge in [-0.05, 0) is 49.5 Å². The molecule has 0 atom stereocenters. The third-order valence-electron chi connectivity index (χ3n) is 4.00. The summed E-state index contributed by atoms with van der Waals surface area (Å²) in [5.41, 5.74) is 14.2. The smallest absolute Gasteiger partial charge is 0.0559 e. The number of piperazine rings is 1. The Labute approximate surface area is 136 Å². The van der Waals surface area contributed by atoms with E-state index in [1.54, 1.807) is 11.8 Å². The predicted molar refractivity (Wildman–Crippen MR) is 95.5 cm³/mol. The Hall–Kier alpha value is -1.85. The lowest BCUT2D eigenvalue weighted by Crippen LogP contribution is -2.44. The lowest BCUT2D eigenvalue weighted by atomic mass is 10.2. The molecule has 1 fully saturated rings. The monoisotopic (exact) mass is 314 g/mol. The number of nitrogens with two attached hydrogens (primary N) is 2. The zero-order chi connectivity index (χ0) is 15.5. The quantitative estimate of drug-likeness (QED) is 0.853. The van der Waals surface area contributed by atoms with Gasteiger partial charge in [0.15, 0.2) is 0 Å². The first-order valence-corrected chi connectivity index (χ1v) is 8.30. The minimum Gasteiger partial charge on any atom is -0.397 e. The van der Waals surface area contributed by atoms with Crippen molar-refractivity contribution in [2.75, 3.05) is 49.6 Å². The minimum atomic E-state index is 0.634. The van der Waals surface area contributed by atoms with E-state index in [2.05, 4.69) is 41.1 Å². The number of nitrogen functional groups attached to an aromatic ring is 2. The number of likely N-dealkylation sites (N-methyl/N-ethyl adjacent to an activating group) is 1. The molecule has 2 aromatic rings. The summed E-state index contributed by atoms with van der Waals surface area (Å²) in [5.74, 6) is 0. The van der Waals surface area contributed by atoms with Crippen molar-refractivity contribution in [3.63, 3.8) is 0 Å². The maximum atomic E-state index is 5.86. The summed E-state index contributed by atoms with van der Waals surface area (Å²) < 4.78 is 0. The first-order valence-electron chi connectivity index (χ1n) is 7.48. The van der Waals surface area contributed by atoms with Crippen LogP contribution in [0.1, 0.15) is 0 Å². The molecular formula is C17H22N4S. The van der Waals surface area contributed by atoms with Crippen LogP contribution in [0.15, 0.2) is 52.3 Å². The van der Waals surface area contributed by atoms with Crippen molar-refractivity contribution in [3.8, 4) is 0 Å². The van der Waals surface area contributed by atoms with E-state index >= 15 is 0 Å². The van der Waals surface area contributed by atoms with E-state index in [0.29, 0.717) is 11.4 Å². The van der Waals surface area contributed by atoms with Gasteiger partial charge in [-0.2, -0.15) is 0 Å². The molecule has 22 heavy (non-hydrogen) atoms. The molecule has 1 aliphatic heterocycles. The van der Waals surface area contributed by atoms with Crippen molar-refractivity contribution in [2.45, 2.75) is 9.79 Å². The molecule has 1 aliphatic rings. The molecule has 4 nitrogen and oxygen atoms in total. The molecule has 1 saturated heterocycles. The number of nitrogens with zero attached hydrogens (tertiary/aromatic N) is 2. The summed E-state index contributed by atoms with van der Waals surface area (Å²) >= 11 is 1.70. The van der Waals surface area contributed by atoms with Crippen LogP contribution in [0.3, 0.4) is 0 Å². The number of rotatable bonds is 3. The minimum absolute atomic E-state index is 0.634. The van der Waals surface area contributed by atoms with Crippen LogP contribution >= 0.6 is 11.8 Å². The Morgan fingerprint density at radius 2 is 1.45 bits per heavy atom. The highest BCUT2D eigenvalue weighted by molar-refractivity contribution is 7.99. The van der Waals surface area contributed by atoms with E-state index in [1.165, 1.54) is 10.6 Å². The molecule has 3 rings (SSSR count). The standard InChI is InChI=1S/C17H22N4S/c1-20-8-10-21(11-9-20)13-2-4-14(5-3-13)22-15-6-7-16(18)17(19)12-15/h2-7,12H,8-11,18-19H2,1H3. The molecule has 0 spiro atoms. The summed E-state index contributed by atoms with van der Waals surface area (Å²) in [4.78, 5) is 7.13. The Bertz CT molecular complexity index is 634. The largest absolute Gasteiger partial charge is 0.397 e. The van der Waals surface area contributed by atoms with Crippen LogP contribution in [0.2, 0.25) is 0 Å². The fraction of sp³-hybridized carbons (Fsp3) is 0.294. The highest BCUT2D eigenvalue weighted by Gasteiger charge is 2.14. The molecule has 0 radical (unpaired) electrons. The average molecular weight is 314 g/mol. The van der Waals surface area contributed by atoms with Crippen molar-refractivity contribution in [3.05, 3.63) is 42.5 Å². The van der Waals surface area contributed by atoms with Gasteiger partial charge in [0.05, 0.1) is 11.4 Å². The summed E-state index contributed by atoms with van der Waals surface area (Å²) in [6, 6.07) is 14.5. The van der Waals surface area contributed by atoms with Gasteiger partial charge in [-0.1, -0.05) is 11.8 Å². The molecule has 4 N–H and O–H groups in total. The van der Waals surface area contributed by atoms with Crippen molar-refractivity contribution in [1.82, 2.24) is 4.90 Å². The predicted octanol–water partition coefficient (Wildman–Crippen LogP) is 2.75. The van der Waals surface area contributed by atoms with E-state index in [9.17, 15) is 0 Å². The molecule has 0 bridgehead atoms. The summed E-state index contributed by atoms with van der Waals surface area (Å²) in [6.07, 6.45) is 0. The molecule has 1 heterocycles. The van der Waals surface area contributed by atoms with Crippen LogP contribution in [0, 0.1) is 0 Å². The lowest BCUT2D eigenvalue weighted by Gasteiger charge is -2.34. The number of anilines is 3. The van der Waals surface area contributed by atoms with Gasteiger partial charge in [0.1, 0.15) is 0 Å². The molecule has 2 aromatic carbocycles. The van der Waals surface area contributed by atoms with E-state index < -0.39 is 0 Å². The van der Waals surface area contributed by atoms with Crippen LogP contribution in [-0.4, -0.2) is 38.1 Å². The zero-order valence-corrected chi connectivity index (χ0v) is 13.6. The van der Waals surface area contributed by atoms with Gasteiger partial charge in [0.25, 0.3) is 0 Å². The highest BCUT2D eigenvalue weighted by Crippen LogP contribution is 2.32. The Morgan fingerprint density at radius 3 is 2.09 bits per heavy atom. The van der Waals surface area contributed by atoms with Gasteiger partial charge < -0.3 is 21.3 Å². The van der Waals surface area contributed by atoms with Gasteiger partial charge in [-0.3, -0.25) is 0 Å². The van der Waals surface area contributed by atoms with Gasteiger partial charge in [0, 0.05) is 41.7 Å². The summed E-state index contributed by atoms with van der Waals surface area (Å²) in [6.45, 7) is 4.44. The molecule has 116 valence electrons. The number of hydrogen-bond acceptors (Lipinski definition) is 5. The summed E-state index contributed by atoms with van der Waals surface area (Å²) in [5, 5.41) is 0. The van der Waals surface area contributed by atoms with Crippen molar-refractivity contribution >= 4 is 28.8 Å². The van der Waals surface area contributed by atoms with E-state index in [0.717, 1.165) is 31.1 Å². The van der Waals surface area contributed by atoms with Gasteiger partial charge in [0.2, 0.25) is 0 Å². The lowest BCUT2D eigenvalue weighted by molar-refractivity contribution is 0.313. The maximum Gasteiger partial charge on any atom is 0.0559 e.